The summed E-state index contributed by atoms with van der Waals surface area (Å²) in [4.78, 5) is 33.4. The lowest BCUT2D eigenvalue weighted by Gasteiger charge is -2.37. The Labute approximate surface area is 217 Å². The van der Waals surface area contributed by atoms with Crippen molar-refractivity contribution in [2.45, 2.75) is 32.5 Å². The maximum atomic E-state index is 14.1. The number of nitrogens with zero attached hydrogens (tertiary/aromatic N) is 3. The van der Waals surface area contributed by atoms with E-state index in [1.807, 2.05) is 0 Å². The molecule has 0 radical (unpaired) electrons. The molecule has 1 N–H and O–H groups in total. The monoisotopic (exact) mass is 538 g/mol. The number of ether oxygens (including phenoxy) is 2. The molecule has 200 valence electrons. The lowest BCUT2D eigenvalue weighted by molar-refractivity contribution is -0.140. The number of aliphatic imine (C=N–C) groups is 1. The molecule has 12 heteroatoms. The average Bonchev–Trinajstić information content (AvgIpc) is 3.26. The molecule has 37 heavy (non-hydrogen) atoms. The van der Waals surface area contributed by atoms with Crippen molar-refractivity contribution in [3.63, 3.8) is 0 Å². The quantitative estimate of drug-likeness (QED) is 0.507. The Kier molecular flexibility index (Phi) is 8.60. The highest BCUT2D eigenvalue weighted by molar-refractivity contribution is 8.16. The highest BCUT2D eigenvalue weighted by Crippen LogP contribution is 2.48. The number of hydrogen-bond donors (Lipinski definition) is 1. The van der Waals surface area contributed by atoms with Crippen LogP contribution < -0.4 is 5.32 Å². The molecule has 0 aliphatic carbocycles. The number of alkyl halides is 3. The summed E-state index contributed by atoms with van der Waals surface area (Å²) < 4.78 is 52.8. The summed E-state index contributed by atoms with van der Waals surface area (Å²) in [5, 5.41) is 4.56. The predicted octanol–water partition coefficient (Wildman–Crippen LogP) is 3.51. The van der Waals surface area contributed by atoms with E-state index in [0.717, 1.165) is 24.9 Å². The number of morpholine rings is 1. The van der Waals surface area contributed by atoms with Gasteiger partial charge in [0.25, 0.3) is 0 Å². The third-order valence-corrected chi connectivity index (χ3v) is 7.14. The summed E-state index contributed by atoms with van der Waals surface area (Å²) in [5.41, 5.74) is -0.205. The highest BCUT2D eigenvalue weighted by atomic mass is 32.2. The van der Waals surface area contributed by atoms with E-state index in [1.54, 1.807) is 41.5 Å². The minimum absolute atomic E-state index is 0.0599. The minimum atomic E-state index is -4.87. The van der Waals surface area contributed by atoms with Gasteiger partial charge in [-0.15, -0.1) is 0 Å². The zero-order chi connectivity index (χ0) is 26.6. The summed E-state index contributed by atoms with van der Waals surface area (Å²) in [6, 6.07) is 5.77. The molecule has 1 fully saturated rings. The summed E-state index contributed by atoms with van der Waals surface area (Å²) in [6.07, 6.45) is -4.95. The number of allylic oxidation sites excluding steroid dienone is 1. The number of thioether (sulfide) groups is 1. The molecule has 1 aromatic rings. The largest absolute Gasteiger partial charge is 0.463 e. The van der Waals surface area contributed by atoms with Crippen molar-refractivity contribution < 1.29 is 32.2 Å². The van der Waals surface area contributed by atoms with Crippen molar-refractivity contribution in [2.75, 3.05) is 46.0 Å². The van der Waals surface area contributed by atoms with Crippen molar-refractivity contribution in [2.24, 2.45) is 4.99 Å². The Hall–Kier alpha value is -2.83. The van der Waals surface area contributed by atoms with Crippen LogP contribution in [0.1, 0.15) is 30.5 Å². The van der Waals surface area contributed by atoms with Gasteiger partial charge in [0.1, 0.15) is 0 Å². The first-order chi connectivity index (χ1) is 17.7. The van der Waals surface area contributed by atoms with Crippen LogP contribution >= 0.6 is 11.8 Å². The number of aryl methyl sites for hydroxylation is 1. The van der Waals surface area contributed by atoms with Crippen molar-refractivity contribution in [1.29, 1.82) is 0 Å². The summed E-state index contributed by atoms with van der Waals surface area (Å²) in [7, 11) is 0. The second-order valence-corrected chi connectivity index (χ2v) is 9.55. The van der Waals surface area contributed by atoms with Gasteiger partial charge in [0.05, 0.1) is 37.9 Å². The molecule has 1 saturated heterocycles. The van der Waals surface area contributed by atoms with E-state index in [1.165, 1.54) is 6.92 Å². The maximum absolute atomic E-state index is 14.1. The van der Waals surface area contributed by atoms with Gasteiger partial charge in [0.15, 0.2) is 10.9 Å². The third-order valence-electron chi connectivity index (χ3n) is 6.25. The number of carbonyl (C=O) groups excluding carboxylic acids is 2. The van der Waals surface area contributed by atoms with Crippen LogP contribution in [-0.2, 0) is 19.1 Å². The van der Waals surface area contributed by atoms with E-state index >= 15 is 0 Å². The Morgan fingerprint density at radius 2 is 1.97 bits per heavy atom. The smallest absolute Gasteiger partial charge is 0.434 e. The van der Waals surface area contributed by atoms with E-state index in [0.29, 0.717) is 43.1 Å². The number of benzene rings is 1. The minimum Gasteiger partial charge on any atom is -0.463 e. The van der Waals surface area contributed by atoms with Gasteiger partial charge in [0, 0.05) is 31.9 Å². The number of hydrogen-bond acceptors (Lipinski definition) is 8. The summed E-state index contributed by atoms with van der Waals surface area (Å²) in [6.45, 7) is 7.24. The number of nitrogens with one attached hydrogen (secondary N) is 1. The standard InChI is InChI=1S/C25H29F3N4O4S/c1-3-36-23(34)20-21(18-7-5-4-6-16(18)2)32-17(15-37-24(32)30-22(20)25(26,27)28)14-19(33)29-8-9-31-10-12-35-13-11-31/h4-7,15,21H,3,8-14H2,1-2H3,(H,29,33). The number of rotatable bonds is 8. The number of halogens is 3. The second kappa shape index (κ2) is 11.7. The van der Waals surface area contributed by atoms with E-state index in [9.17, 15) is 22.8 Å². The van der Waals surface area contributed by atoms with Crippen LogP contribution in [-0.4, -0.2) is 79.0 Å². The second-order valence-electron chi connectivity index (χ2n) is 8.71. The highest BCUT2D eigenvalue weighted by Gasteiger charge is 2.49. The molecular formula is C25H29F3N4O4S. The molecule has 1 aromatic carbocycles. The van der Waals surface area contributed by atoms with Crippen LogP contribution in [0.25, 0.3) is 0 Å². The lowest BCUT2D eigenvalue weighted by Crippen LogP contribution is -2.42. The van der Waals surface area contributed by atoms with Crippen LogP contribution in [0.4, 0.5) is 13.2 Å². The number of amidine groups is 1. The fourth-order valence-electron chi connectivity index (χ4n) is 4.48. The molecule has 0 aromatic heterocycles. The number of carbonyl (C=O) groups is 2. The first kappa shape index (κ1) is 27.2. The molecule has 3 heterocycles. The van der Waals surface area contributed by atoms with Gasteiger partial charge in [-0.1, -0.05) is 36.0 Å². The van der Waals surface area contributed by atoms with Crippen LogP contribution in [0.5, 0.6) is 0 Å². The number of fused-ring (bicyclic) bond motifs is 1. The average molecular weight is 539 g/mol. The number of amides is 1. The van der Waals surface area contributed by atoms with Gasteiger partial charge >= 0.3 is 12.1 Å². The van der Waals surface area contributed by atoms with Crippen LogP contribution in [0.2, 0.25) is 0 Å². The first-order valence-electron chi connectivity index (χ1n) is 12.0. The van der Waals surface area contributed by atoms with E-state index in [2.05, 4.69) is 15.2 Å². The topological polar surface area (TPSA) is 83.5 Å². The van der Waals surface area contributed by atoms with Gasteiger partial charge in [-0.2, -0.15) is 13.2 Å². The Morgan fingerprint density at radius 1 is 1.24 bits per heavy atom. The van der Waals surface area contributed by atoms with Gasteiger partial charge < -0.3 is 19.7 Å². The van der Waals surface area contributed by atoms with Crippen molar-refractivity contribution >= 4 is 28.8 Å². The first-order valence-corrected chi connectivity index (χ1v) is 12.9. The van der Waals surface area contributed by atoms with Crippen LogP contribution in [0, 0.1) is 6.92 Å². The fourth-order valence-corrected chi connectivity index (χ4v) is 5.40. The normalized spacial score (nSPS) is 20.4. The summed E-state index contributed by atoms with van der Waals surface area (Å²) in [5.74, 6) is -1.36. The molecule has 0 bridgehead atoms. The molecule has 1 unspecified atom stereocenters. The van der Waals surface area contributed by atoms with Crippen LogP contribution in [0.15, 0.2) is 51.6 Å². The number of esters is 1. The van der Waals surface area contributed by atoms with E-state index in [4.69, 9.17) is 9.47 Å². The predicted molar refractivity (Wildman–Crippen MR) is 133 cm³/mol. The molecule has 1 atom stereocenters. The zero-order valence-electron chi connectivity index (χ0n) is 20.6. The molecule has 0 saturated carbocycles. The lowest BCUT2D eigenvalue weighted by atomic mass is 9.90. The molecule has 4 rings (SSSR count). The maximum Gasteiger partial charge on any atom is 0.434 e. The molecule has 3 aliphatic rings. The van der Waals surface area contributed by atoms with Crippen LogP contribution in [0.3, 0.4) is 0 Å². The molecule has 1 amide bonds. The molecule has 3 aliphatic heterocycles. The van der Waals surface area contributed by atoms with Gasteiger partial charge in [-0.3, -0.25) is 9.69 Å². The van der Waals surface area contributed by atoms with Gasteiger partial charge in [0.2, 0.25) is 5.91 Å². The van der Waals surface area contributed by atoms with Crippen molar-refractivity contribution in [3.05, 3.63) is 57.8 Å². The van der Waals surface area contributed by atoms with Gasteiger partial charge in [-0.05, 0) is 30.4 Å². The molecule has 8 nitrogen and oxygen atoms in total. The summed E-state index contributed by atoms with van der Waals surface area (Å²) >= 11 is 1.000. The third kappa shape index (κ3) is 6.19. The molecular weight excluding hydrogens is 509 g/mol. The molecule has 0 spiro atoms. The van der Waals surface area contributed by atoms with E-state index in [-0.39, 0.29) is 24.1 Å². The zero-order valence-corrected chi connectivity index (χ0v) is 21.5. The van der Waals surface area contributed by atoms with E-state index < -0.39 is 29.5 Å². The Balaban J connectivity index is 1.62. The van der Waals surface area contributed by atoms with Gasteiger partial charge in [-0.25, -0.2) is 9.79 Å². The Bertz CT molecular complexity index is 1130. The fraction of sp³-hybridized carbons (Fsp3) is 0.480. The SMILES string of the molecule is CCOC(=O)C1=C(C(F)(F)F)N=C2SC=C(CC(=O)NCCN3CCOCC3)N2C1c1ccccc1C. The van der Waals surface area contributed by atoms with Crippen molar-refractivity contribution in [3.8, 4) is 0 Å². The van der Waals surface area contributed by atoms with Crippen molar-refractivity contribution in [1.82, 2.24) is 15.1 Å². The Morgan fingerprint density at radius 3 is 2.65 bits per heavy atom.